The van der Waals surface area contributed by atoms with E-state index >= 15 is 0 Å². The van der Waals surface area contributed by atoms with Gasteiger partial charge in [0.25, 0.3) is 0 Å². The minimum absolute atomic E-state index is 0.906. The number of benzene rings is 1. The number of nitrogens with zero attached hydrogens (tertiary/aromatic N) is 3. The lowest BCUT2D eigenvalue weighted by molar-refractivity contribution is 0.705. The first-order valence-corrected chi connectivity index (χ1v) is 7.21. The van der Waals surface area contributed by atoms with E-state index in [0.29, 0.717) is 0 Å². The first-order chi connectivity index (χ1) is 9.83. The topological polar surface area (TPSA) is 42.7 Å². The Balaban J connectivity index is 2.07. The lowest BCUT2D eigenvalue weighted by Crippen LogP contribution is -2.17. The molecule has 4 nitrogen and oxygen atoms in total. The molecule has 1 heterocycles. The largest absolute Gasteiger partial charge is 0.313 e. The summed E-state index contributed by atoms with van der Waals surface area (Å²) < 4.78 is 0. The molecule has 0 unspecified atom stereocenters. The van der Waals surface area contributed by atoms with Crippen LogP contribution in [0.5, 0.6) is 0 Å². The van der Waals surface area contributed by atoms with Crippen molar-refractivity contribution in [2.75, 3.05) is 13.1 Å². The van der Waals surface area contributed by atoms with Gasteiger partial charge < -0.3 is 5.32 Å². The number of hydrogen-bond acceptors (Lipinski definition) is 3. The maximum atomic E-state index is 4.50. The van der Waals surface area contributed by atoms with Crippen molar-refractivity contribution in [1.29, 1.82) is 0 Å². The normalized spacial score (nSPS) is 11.8. The van der Waals surface area contributed by atoms with E-state index in [1.165, 1.54) is 5.57 Å². The third-order valence-electron chi connectivity index (χ3n) is 3.08. The van der Waals surface area contributed by atoms with Crippen molar-refractivity contribution < 1.29 is 0 Å². The lowest BCUT2D eigenvalue weighted by Gasteiger charge is -2.05. The molecule has 4 heteroatoms. The molecular weight excluding hydrogens is 248 g/mol. The van der Waals surface area contributed by atoms with Crippen molar-refractivity contribution in [3.05, 3.63) is 47.8 Å². The molecule has 2 rings (SSSR count). The van der Waals surface area contributed by atoms with Crippen LogP contribution in [0, 0.1) is 0 Å². The molecule has 0 fully saturated rings. The van der Waals surface area contributed by atoms with Crippen LogP contribution in [0.25, 0.3) is 11.8 Å². The Hall–Kier alpha value is -1.94. The average Bonchev–Trinajstić information content (AvgIpc) is 2.96. The van der Waals surface area contributed by atoms with Gasteiger partial charge in [-0.25, -0.2) is 0 Å². The fourth-order valence-electron chi connectivity index (χ4n) is 1.94. The third kappa shape index (κ3) is 4.03. The molecule has 0 amide bonds. The highest BCUT2D eigenvalue weighted by Gasteiger charge is 2.02. The molecule has 0 saturated carbocycles. The Labute approximate surface area is 120 Å². The molecule has 0 aliphatic heterocycles. The molecule has 0 aliphatic rings. The molecule has 0 atom stereocenters. The van der Waals surface area contributed by atoms with E-state index in [2.05, 4.69) is 35.4 Å². The molecule has 0 spiro atoms. The average molecular weight is 270 g/mol. The van der Waals surface area contributed by atoms with Crippen LogP contribution in [0.1, 0.15) is 32.4 Å². The number of hydrogen-bond donors (Lipinski definition) is 1. The Bertz CT molecular complexity index is 543. The minimum Gasteiger partial charge on any atom is -0.313 e. The van der Waals surface area contributed by atoms with Crippen molar-refractivity contribution in [3.8, 4) is 5.69 Å². The molecule has 20 heavy (non-hydrogen) atoms. The summed E-state index contributed by atoms with van der Waals surface area (Å²) in [6.07, 6.45) is 6.10. The van der Waals surface area contributed by atoms with E-state index in [0.717, 1.165) is 37.3 Å². The highest BCUT2D eigenvalue weighted by atomic mass is 15.5. The van der Waals surface area contributed by atoms with Crippen molar-refractivity contribution in [2.24, 2.45) is 0 Å². The second-order valence-corrected chi connectivity index (χ2v) is 4.73. The van der Waals surface area contributed by atoms with Crippen LogP contribution in [0.15, 0.2) is 42.1 Å². The fourth-order valence-corrected chi connectivity index (χ4v) is 1.94. The first kappa shape index (κ1) is 14.5. The predicted octanol–water partition coefficient (Wildman–Crippen LogP) is 3.06. The molecular formula is C16H22N4. The van der Waals surface area contributed by atoms with E-state index in [1.807, 2.05) is 36.5 Å². The number of aromatic nitrogens is 3. The maximum Gasteiger partial charge on any atom is 0.106 e. The molecule has 0 radical (unpaired) electrons. The summed E-state index contributed by atoms with van der Waals surface area (Å²) in [7, 11) is 0. The highest BCUT2D eigenvalue weighted by Crippen LogP contribution is 2.09. The Morgan fingerprint density at radius 1 is 1.25 bits per heavy atom. The van der Waals surface area contributed by atoms with Crippen LogP contribution < -0.4 is 5.32 Å². The summed E-state index contributed by atoms with van der Waals surface area (Å²) in [6, 6.07) is 9.96. The summed E-state index contributed by atoms with van der Waals surface area (Å²) in [6.45, 7) is 6.31. The Morgan fingerprint density at radius 3 is 2.75 bits per heavy atom. The predicted molar refractivity (Wildman–Crippen MR) is 82.8 cm³/mol. The molecule has 1 aromatic carbocycles. The van der Waals surface area contributed by atoms with Crippen LogP contribution in [0.2, 0.25) is 0 Å². The molecule has 1 N–H and O–H groups in total. The quantitative estimate of drug-likeness (QED) is 0.786. The smallest absolute Gasteiger partial charge is 0.106 e. The zero-order chi connectivity index (χ0) is 14.2. The molecule has 0 aliphatic carbocycles. The summed E-state index contributed by atoms with van der Waals surface area (Å²) >= 11 is 0. The highest BCUT2D eigenvalue weighted by molar-refractivity contribution is 5.48. The molecule has 0 bridgehead atoms. The van der Waals surface area contributed by atoms with Gasteiger partial charge in [0.05, 0.1) is 11.9 Å². The lowest BCUT2D eigenvalue weighted by atomic mass is 10.1. The number of para-hydroxylation sites is 1. The van der Waals surface area contributed by atoms with Gasteiger partial charge in [-0.05, 0) is 37.6 Å². The maximum absolute atomic E-state index is 4.50. The molecule has 2 aromatic rings. The van der Waals surface area contributed by atoms with E-state index in [9.17, 15) is 0 Å². The van der Waals surface area contributed by atoms with Crippen molar-refractivity contribution >= 4 is 6.08 Å². The summed E-state index contributed by atoms with van der Waals surface area (Å²) in [5.41, 5.74) is 3.23. The van der Waals surface area contributed by atoms with Gasteiger partial charge in [0.1, 0.15) is 5.69 Å². The number of nitrogens with one attached hydrogen (secondary N) is 1. The summed E-state index contributed by atoms with van der Waals surface area (Å²) in [5, 5.41) is 12.2. The van der Waals surface area contributed by atoms with Crippen LogP contribution in [-0.4, -0.2) is 28.1 Å². The van der Waals surface area contributed by atoms with Gasteiger partial charge >= 0.3 is 0 Å². The van der Waals surface area contributed by atoms with Crippen molar-refractivity contribution in [2.45, 2.75) is 26.7 Å². The fraction of sp³-hybridized carbons (Fsp3) is 0.375. The standard InChI is InChI=1S/C16H22N4/c1-3-10-17-12-14(4-2)11-15-13-18-20(19-15)16-8-6-5-7-9-16/h5-9,11,13,17H,3-4,10,12H2,1-2H3. The third-order valence-corrected chi connectivity index (χ3v) is 3.08. The first-order valence-electron chi connectivity index (χ1n) is 7.21. The SMILES string of the molecule is CCCNCC(=Cc1cnn(-c2ccccc2)n1)CC. The molecule has 106 valence electrons. The second-order valence-electron chi connectivity index (χ2n) is 4.73. The van der Waals surface area contributed by atoms with E-state index in [-0.39, 0.29) is 0 Å². The van der Waals surface area contributed by atoms with Gasteiger partial charge in [0.15, 0.2) is 0 Å². The van der Waals surface area contributed by atoms with E-state index in [1.54, 1.807) is 4.80 Å². The van der Waals surface area contributed by atoms with Crippen LogP contribution in [0.4, 0.5) is 0 Å². The van der Waals surface area contributed by atoms with Crippen molar-refractivity contribution in [1.82, 2.24) is 20.3 Å². The van der Waals surface area contributed by atoms with Gasteiger partial charge in [-0.15, -0.1) is 5.10 Å². The number of rotatable bonds is 7. The van der Waals surface area contributed by atoms with Crippen molar-refractivity contribution in [3.63, 3.8) is 0 Å². The van der Waals surface area contributed by atoms with Gasteiger partial charge in [0.2, 0.25) is 0 Å². The Morgan fingerprint density at radius 2 is 2.05 bits per heavy atom. The monoisotopic (exact) mass is 270 g/mol. The second kappa shape index (κ2) is 7.60. The van der Waals surface area contributed by atoms with E-state index < -0.39 is 0 Å². The van der Waals surface area contributed by atoms with Crippen LogP contribution in [-0.2, 0) is 0 Å². The molecule has 0 saturated heterocycles. The summed E-state index contributed by atoms with van der Waals surface area (Å²) in [5.74, 6) is 0. The van der Waals surface area contributed by atoms with Gasteiger partial charge in [-0.1, -0.05) is 37.6 Å². The summed E-state index contributed by atoms with van der Waals surface area (Å²) in [4.78, 5) is 1.67. The van der Waals surface area contributed by atoms with Gasteiger partial charge in [-0.3, -0.25) is 0 Å². The van der Waals surface area contributed by atoms with Gasteiger partial charge in [0, 0.05) is 6.54 Å². The van der Waals surface area contributed by atoms with Crippen LogP contribution >= 0.6 is 0 Å². The van der Waals surface area contributed by atoms with Crippen LogP contribution in [0.3, 0.4) is 0 Å². The van der Waals surface area contributed by atoms with E-state index in [4.69, 9.17) is 0 Å². The Kier molecular flexibility index (Phi) is 5.50. The zero-order valence-corrected chi connectivity index (χ0v) is 12.2. The zero-order valence-electron chi connectivity index (χ0n) is 12.2. The van der Waals surface area contributed by atoms with Gasteiger partial charge in [-0.2, -0.15) is 9.90 Å². The minimum atomic E-state index is 0.906. The molecule has 1 aromatic heterocycles.